The Hall–Kier alpha value is -0.690. The van der Waals surface area contributed by atoms with Gasteiger partial charge in [-0.05, 0) is 44.2 Å². The van der Waals surface area contributed by atoms with Crippen LogP contribution in [0.2, 0.25) is 0 Å². The molecule has 6 heteroatoms. The summed E-state index contributed by atoms with van der Waals surface area (Å²) in [7, 11) is 0. The lowest BCUT2D eigenvalue weighted by molar-refractivity contribution is 0.0399. The fourth-order valence-corrected chi connectivity index (χ4v) is 4.37. The maximum Gasteiger partial charge on any atom is 0.174 e. The highest BCUT2D eigenvalue weighted by Crippen LogP contribution is 2.34. The summed E-state index contributed by atoms with van der Waals surface area (Å²) in [5, 5.41) is 2.75. The Bertz CT molecular complexity index is 500. The summed E-state index contributed by atoms with van der Waals surface area (Å²) in [5.41, 5.74) is 0.339. The number of rotatable bonds is 5. The second kappa shape index (κ2) is 6.83. The summed E-state index contributed by atoms with van der Waals surface area (Å²) in [6, 6.07) is 2.16. The van der Waals surface area contributed by atoms with Gasteiger partial charge < -0.3 is 4.74 Å². The van der Waals surface area contributed by atoms with E-state index in [4.69, 9.17) is 10.6 Å². The van der Waals surface area contributed by atoms with Crippen molar-refractivity contribution < 1.29 is 9.13 Å². The van der Waals surface area contributed by atoms with Crippen LogP contribution in [0.3, 0.4) is 0 Å². The van der Waals surface area contributed by atoms with Crippen molar-refractivity contribution in [3.8, 4) is 5.06 Å². The molecular formula is C16H26FN3OS. The molecule has 3 rings (SSSR count). The summed E-state index contributed by atoms with van der Waals surface area (Å²) in [6.45, 7) is 6.85. The first kappa shape index (κ1) is 16.2. The van der Waals surface area contributed by atoms with E-state index < -0.39 is 5.67 Å². The summed E-state index contributed by atoms with van der Waals surface area (Å²) >= 11 is 1.77. The van der Waals surface area contributed by atoms with Crippen LogP contribution in [0, 0.1) is 0 Å². The number of hydrogen-bond donors (Lipinski definition) is 1. The number of nitrogens with two attached hydrogens (primary N) is 1. The summed E-state index contributed by atoms with van der Waals surface area (Å²) in [6.07, 6.45) is 2.81. The van der Waals surface area contributed by atoms with Gasteiger partial charge in [-0.2, -0.15) is 0 Å². The first-order valence-corrected chi connectivity index (χ1v) is 9.05. The molecule has 4 nitrogen and oxygen atoms in total. The van der Waals surface area contributed by atoms with E-state index in [9.17, 15) is 4.39 Å². The second-order valence-corrected chi connectivity index (χ2v) is 7.51. The van der Waals surface area contributed by atoms with Crippen molar-refractivity contribution >= 4 is 11.3 Å². The lowest BCUT2D eigenvalue weighted by Crippen LogP contribution is -2.46. The van der Waals surface area contributed by atoms with Gasteiger partial charge in [-0.15, -0.1) is 11.3 Å². The Balaban J connectivity index is 1.52. The van der Waals surface area contributed by atoms with Gasteiger partial charge in [0, 0.05) is 37.6 Å². The number of thiophene rings is 1. The minimum absolute atomic E-state index is 0.565. The van der Waals surface area contributed by atoms with Crippen LogP contribution in [0.15, 0.2) is 6.07 Å². The molecule has 0 aromatic carbocycles. The molecule has 1 fully saturated rings. The molecule has 0 spiro atoms. The van der Waals surface area contributed by atoms with Crippen molar-refractivity contribution in [1.82, 2.24) is 9.91 Å². The molecule has 3 heterocycles. The highest BCUT2D eigenvalue weighted by Gasteiger charge is 2.34. The van der Waals surface area contributed by atoms with Crippen molar-refractivity contribution in [1.29, 1.82) is 0 Å². The number of halogens is 1. The first-order chi connectivity index (χ1) is 10.6. The first-order valence-electron chi connectivity index (χ1n) is 8.23. The van der Waals surface area contributed by atoms with Crippen molar-refractivity contribution in [3.05, 3.63) is 16.5 Å². The topological polar surface area (TPSA) is 41.7 Å². The molecule has 1 saturated heterocycles. The molecule has 0 saturated carbocycles. The molecule has 0 aliphatic carbocycles. The van der Waals surface area contributed by atoms with Gasteiger partial charge >= 0.3 is 0 Å². The van der Waals surface area contributed by atoms with Crippen LogP contribution < -0.4 is 10.6 Å². The SMILES string of the molecule is CCOc1cc2c(s1)CCN(CCC1(F)CCN(N)CC1)C2. The molecule has 0 unspecified atom stereocenters. The smallest absolute Gasteiger partial charge is 0.174 e. The number of ether oxygens (including phenoxy) is 1. The van der Waals surface area contributed by atoms with Crippen molar-refractivity contribution in [3.63, 3.8) is 0 Å². The zero-order valence-electron chi connectivity index (χ0n) is 13.3. The maximum absolute atomic E-state index is 14.8. The van der Waals surface area contributed by atoms with Crippen LogP contribution in [0.4, 0.5) is 4.39 Å². The number of hydrazine groups is 1. The quantitative estimate of drug-likeness (QED) is 0.844. The lowest BCUT2D eigenvalue weighted by Gasteiger charge is -2.36. The zero-order chi connectivity index (χ0) is 15.6. The van der Waals surface area contributed by atoms with E-state index in [1.54, 1.807) is 16.3 Å². The predicted molar refractivity (Wildman–Crippen MR) is 87.9 cm³/mol. The molecule has 0 bridgehead atoms. The highest BCUT2D eigenvalue weighted by atomic mass is 32.1. The molecule has 1 aromatic heterocycles. The molecule has 2 aliphatic heterocycles. The van der Waals surface area contributed by atoms with Gasteiger partial charge in [-0.3, -0.25) is 10.7 Å². The van der Waals surface area contributed by atoms with E-state index in [1.807, 2.05) is 6.92 Å². The van der Waals surface area contributed by atoms with E-state index in [2.05, 4.69) is 11.0 Å². The average Bonchev–Trinajstić information content (AvgIpc) is 2.91. The van der Waals surface area contributed by atoms with Gasteiger partial charge in [-0.1, -0.05) is 0 Å². The molecule has 2 aliphatic rings. The minimum atomic E-state index is -1.03. The third-order valence-electron chi connectivity index (χ3n) is 4.78. The van der Waals surface area contributed by atoms with Crippen LogP contribution >= 0.6 is 11.3 Å². The van der Waals surface area contributed by atoms with Gasteiger partial charge in [0.25, 0.3) is 0 Å². The number of piperidine rings is 1. The third kappa shape index (κ3) is 3.79. The van der Waals surface area contributed by atoms with E-state index >= 15 is 0 Å². The number of alkyl halides is 1. The van der Waals surface area contributed by atoms with Gasteiger partial charge in [-0.25, -0.2) is 9.40 Å². The molecule has 22 heavy (non-hydrogen) atoms. The second-order valence-electron chi connectivity index (χ2n) is 6.41. The largest absolute Gasteiger partial charge is 0.484 e. The molecule has 1 aromatic rings. The fraction of sp³-hybridized carbons (Fsp3) is 0.750. The van der Waals surface area contributed by atoms with Crippen LogP contribution in [-0.4, -0.2) is 48.4 Å². The molecule has 0 atom stereocenters. The van der Waals surface area contributed by atoms with Crippen molar-refractivity contribution in [2.75, 3.05) is 32.8 Å². The molecule has 124 valence electrons. The predicted octanol–water partition coefficient (Wildman–Crippen LogP) is 2.57. The van der Waals surface area contributed by atoms with Gasteiger partial charge in [0.15, 0.2) is 5.06 Å². The molecule has 0 amide bonds. The number of fused-ring (bicyclic) bond motifs is 1. The van der Waals surface area contributed by atoms with Gasteiger partial charge in [0.2, 0.25) is 0 Å². The Labute approximate surface area is 136 Å². The number of nitrogens with zero attached hydrogens (tertiary/aromatic N) is 2. The van der Waals surface area contributed by atoms with E-state index in [1.165, 1.54) is 10.4 Å². The monoisotopic (exact) mass is 327 g/mol. The Morgan fingerprint density at radius 1 is 1.36 bits per heavy atom. The summed E-state index contributed by atoms with van der Waals surface area (Å²) in [5.74, 6) is 5.72. The van der Waals surface area contributed by atoms with Crippen molar-refractivity contribution in [2.24, 2.45) is 5.84 Å². The fourth-order valence-electron chi connectivity index (χ4n) is 3.30. The standard InChI is InChI=1S/C16H26FN3OS/c1-2-21-15-11-13-12-19(7-3-14(13)22-15)8-4-16(17)5-9-20(18)10-6-16/h11H,2-10,12,18H2,1H3. The maximum atomic E-state index is 14.8. The van der Waals surface area contributed by atoms with Crippen LogP contribution in [-0.2, 0) is 13.0 Å². The number of hydrogen-bond acceptors (Lipinski definition) is 5. The molecule has 2 N–H and O–H groups in total. The van der Waals surface area contributed by atoms with E-state index in [-0.39, 0.29) is 0 Å². The molecule has 0 radical (unpaired) electrons. The zero-order valence-corrected chi connectivity index (χ0v) is 14.1. The van der Waals surface area contributed by atoms with E-state index in [0.29, 0.717) is 39.0 Å². The Kier molecular flexibility index (Phi) is 5.02. The average molecular weight is 327 g/mol. The summed E-state index contributed by atoms with van der Waals surface area (Å²) < 4.78 is 20.4. The Morgan fingerprint density at radius 3 is 2.86 bits per heavy atom. The normalized spacial score (nSPS) is 22.5. The van der Waals surface area contributed by atoms with Crippen LogP contribution in [0.5, 0.6) is 5.06 Å². The summed E-state index contributed by atoms with van der Waals surface area (Å²) in [4.78, 5) is 3.81. The lowest BCUT2D eigenvalue weighted by atomic mass is 9.90. The molecular weight excluding hydrogens is 301 g/mol. The van der Waals surface area contributed by atoms with Crippen LogP contribution in [0.1, 0.15) is 36.6 Å². The van der Waals surface area contributed by atoms with Crippen molar-refractivity contribution in [2.45, 2.75) is 44.8 Å². The highest BCUT2D eigenvalue weighted by molar-refractivity contribution is 7.14. The minimum Gasteiger partial charge on any atom is -0.484 e. The Morgan fingerprint density at radius 2 is 2.14 bits per heavy atom. The van der Waals surface area contributed by atoms with E-state index in [0.717, 1.165) is 31.1 Å². The van der Waals surface area contributed by atoms with Gasteiger partial charge in [0.05, 0.1) is 6.61 Å². The van der Waals surface area contributed by atoms with Gasteiger partial charge in [0.1, 0.15) is 5.67 Å². The van der Waals surface area contributed by atoms with Crippen LogP contribution in [0.25, 0.3) is 0 Å². The third-order valence-corrected chi connectivity index (χ3v) is 5.93.